The van der Waals surface area contributed by atoms with Crippen LogP contribution in [0.1, 0.15) is 25.9 Å². The van der Waals surface area contributed by atoms with Gasteiger partial charge in [0.05, 0.1) is 17.7 Å². The van der Waals surface area contributed by atoms with Gasteiger partial charge >= 0.3 is 6.03 Å². The van der Waals surface area contributed by atoms with E-state index in [2.05, 4.69) is 10.6 Å². The number of ketones is 1. The fourth-order valence-corrected chi connectivity index (χ4v) is 3.03. The van der Waals surface area contributed by atoms with E-state index in [-0.39, 0.29) is 17.6 Å². The molecule has 128 valence electrons. The van der Waals surface area contributed by atoms with Gasteiger partial charge in [-0.15, -0.1) is 11.3 Å². The molecule has 0 unspecified atom stereocenters. The first-order valence-electron chi connectivity index (χ1n) is 7.55. The summed E-state index contributed by atoms with van der Waals surface area (Å²) in [6.45, 7) is 0.615. The van der Waals surface area contributed by atoms with E-state index in [0.29, 0.717) is 23.7 Å². The smallest absolute Gasteiger partial charge is 0.315 e. The molecular formula is C18H15FN2O3S. The fraction of sp³-hybridized carbons (Fsp3) is 0.111. The molecule has 3 rings (SSSR count). The Balaban J connectivity index is 1.47. The third kappa shape index (κ3) is 4.54. The molecule has 0 aliphatic carbocycles. The number of amides is 2. The van der Waals surface area contributed by atoms with Crippen LogP contribution in [0.2, 0.25) is 0 Å². The zero-order chi connectivity index (χ0) is 17.6. The Kier molecular flexibility index (Phi) is 5.25. The summed E-state index contributed by atoms with van der Waals surface area (Å²) in [7, 11) is 0. The van der Waals surface area contributed by atoms with Gasteiger partial charge in [-0.05, 0) is 42.0 Å². The van der Waals surface area contributed by atoms with E-state index in [1.807, 2.05) is 0 Å². The molecule has 0 atom stereocenters. The highest BCUT2D eigenvalue weighted by Gasteiger charge is 2.14. The first-order valence-corrected chi connectivity index (χ1v) is 8.36. The molecule has 0 spiro atoms. The van der Waals surface area contributed by atoms with Crippen molar-refractivity contribution >= 4 is 23.2 Å². The van der Waals surface area contributed by atoms with E-state index in [9.17, 15) is 14.0 Å². The van der Waals surface area contributed by atoms with Crippen molar-refractivity contribution < 1.29 is 18.4 Å². The molecule has 2 aromatic heterocycles. The molecule has 2 N–H and O–H groups in total. The number of hydrogen-bond donors (Lipinski definition) is 2. The van der Waals surface area contributed by atoms with E-state index < -0.39 is 0 Å². The zero-order valence-corrected chi connectivity index (χ0v) is 13.9. The van der Waals surface area contributed by atoms with Crippen LogP contribution >= 0.6 is 11.3 Å². The van der Waals surface area contributed by atoms with Crippen LogP contribution in [-0.2, 0) is 13.1 Å². The summed E-state index contributed by atoms with van der Waals surface area (Å²) < 4.78 is 17.9. The monoisotopic (exact) mass is 358 g/mol. The van der Waals surface area contributed by atoms with Crippen molar-refractivity contribution in [1.29, 1.82) is 0 Å². The van der Waals surface area contributed by atoms with Gasteiger partial charge in [-0.1, -0.05) is 12.1 Å². The standard InChI is InChI=1S/C18H15FN2O3S/c19-13-5-3-12(4-6-13)10-20-18(23)21-11-14-7-8-16(25-14)17(22)15-2-1-9-24-15/h1-9H,10-11H2,(H2,20,21,23). The molecule has 0 radical (unpaired) electrons. The number of carbonyl (C=O) groups is 2. The Bertz CT molecular complexity index is 857. The van der Waals surface area contributed by atoms with Crippen molar-refractivity contribution in [3.05, 3.63) is 81.7 Å². The van der Waals surface area contributed by atoms with E-state index in [0.717, 1.165) is 10.4 Å². The fourth-order valence-electron chi connectivity index (χ4n) is 2.14. The first kappa shape index (κ1) is 16.9. The van der Waals surface area contributed by atoms with Gasteiger partial charge in [-0.2, -0.15) is 0 Å². The molecule has 3 aromatic rings. The summed E-state index contributed by atoms with van der Waals surface area (Å²) in [6, 6.07) is 12.4. The molecule has 2 heterocycles. The second-order valence-corrected chi connectivity index (χ2v) is 6.40. The molecule has 0 aliphatic heterocycles. The predicted octanol–water partition coefficient (Wildman–Crippen LogP) is 3.71. The molecule has 7 heteroatoms. The Morgan fingerprint density at radius 1 is 1.00 bits per heavy atom. The minimum atomic E-state index is -0.336. The number of hydrogen-bond acceptors (Lipinski definition) is 4. The molecule has 2 amide bonds. The Morgan fingerprint density at radius 2 is 1.76 bits per heavy atom. The van der Waals surface area contributed by atoms with E-state index in [4.69, 9.17) is 4.42 Å². The molecule has 25 heavy (non-hydrogen) atoms. The van der Waals surface area contributed by atoms with Crippen molar-refractivity contribution in [3.63, 3.8) is 0 Å². The van der Waals surface area contributed by atoms with Gasteiger partial charge in [0.15, 0.2) is 5.76 Å². The van der Waals surface area contributed by atoms with E-state index >= 15 is 0 Å². The second kappa shape index (κ2) is 7.76. The molecular weight excluding hydrogens is 343 g/mol. The number of nitrogens with one attached hydrogen (secondary N) is 2. The van der Waals surface area contributed by atoms with Crippen LogP contribution in [0, 0.1) is 5.82 Å². The number of rotatable bonds is 6. The number of urea groups is 1. The largest absolute Gasteiger partial charge is 0.461 e. The maximum Gasteiger partial charge on any atom is 0.315 e. The van der Waals surface area contributed by atoms with Crippen LogP contribution in [0.25, 0.3) is 0 Å². The predicted molar refractivity (Wildman–Crippen MR) is 91.9 cm³/mol. The van der Waals surface area contributed by atoms with Crippen molar-refractivity contribution in [1.82, 2.24) is 10.6 Å². The van der Waals surface area contributed by atoms with Crippen LogP contribution in [0.5, 0.6) is 0 Å². The molecule has 0 aliphatic rings. The second-order valence-electron chi connectivity index (χ2n) is 5.24. The minimum Gasteiger partial charge on any atom is -0.461 e. The molecule has 0 bridgehead atoms. The maximum atomic E-state index is 12.8. The Hall–Kier alpha value is -2.93. The van der Waals surface area contributed by atoms with Crippen LogP contribution in [0.15, 0.2) is 59.2 Å². The van der Waals surface area contributed by atoms with Crippen LogP contribution in [-0.4, -0.2) is 11.8 Å². The first-order chi connectivity index (χ1) is 12.1. The average molecular weight is 358 g/mol. The minimum absolute atomic E-state index is 0.179. The van der Waals surface area contributed by atoms with Gasteiger partial charge in [0.25, 0.3) is 0 Å². The van der Waals surface area contributed by atoms with E-state index in [1.165, 1.54) is 29.7 Å². The Morgan fingerprint density at radius 3 is 2.48 bits per heavy atom. The summed E-state index contributed by atoms with van der Waals surface area (Å²) in [5, 5.41) is 5.41. The molecule has 0 saturated carbocycles. The SMILES string of the molecule is O=C(NCc1ccc(F)cc1)NCc1ccc(C(=O)c2ccco2)s1. The summed E-state index contributed by atoms with van der Waals surface area (Å²) in [5.41, 5.74) is 0.805. The molecule has 1 aromatic carbocycles. The van der Waals surface area contributed by atoms with Crippen LogP contribution < -0.4 is 10.6 Å². The van der Waals surface area contributed by atoms with Gasteiger partial charge in [-0.3, -0.25) is 4.79 Å². The van der Waals surface area contributed by atoms with E-state index in [1.54, 1.807) is 36.4 Å². The summed E-state index contributed by atoms with van der Waals surface area (Å²) >= 11 is 1.30. The lowest BCUT2D eigenvalue weighted by molar-refractivity contribution is 0.101. The highest BCUT2D eigenvalue weighted by atomic mass is 32.1. The third-order valence-corrected chi connectivity index (χ3v) is 4.50. The quantitative estimate of drug-likeness (QED) is 0.660. The van der Waals surface area contributed by atoms with Crippen LogP contribution in [0.3, 0.4) is 0 Å². The number of halogens is 1. The normalized spacial score (nSPS) is 10.4. The lowest BCUT2D eigenvalue weighted by Gasteiger charge is -2.06. The molecule has 0 saturated heterocycles. The zero-order valence-electron chi connectivity index (χ0n) is 13.1. The number of thiophene rings is 1. The summed E-state index contributed by atoms with van der Waals surface area (Å²) in [6.07, 6.45) is 1.45. The summed E-state index contributed by atoms with van der Waals surface area (Å²) in [5.74, 6) is -0.203. The van der Waals surface area contributed by atoms with Crippen molar-refractivity contribution in [2.75, 3.05) is 0 Å². The van der Waals surface area contributed by atoms with Gasteiger partial charge in [0, 0.05) is 11.4 Å². The lowest BCUT2D eigenvalue weighted by Crippen LogP contribution is -2.34. The van der Waals surface area contributed by atoms with Crippen molar-refractivity contribution in [2.24, 2.45) is 0 Å². The molecule has 5 nitrogen and oxygen atoms in total. The number of benzene rings is 1. The average Bonchev–Trinajstić information content (AvgIpc) is 3.30. The van der Waals surface area contributed by atoms with Crippen LogP contribution in [0.4, 0.5) is 9.18 Å². The summed E-state index contributed by atoms with van der Waals surface area (Å²) in [4.78, 5) is 25.4. The number of carbonyl (C=O) groups excluding carboxylic acids is 2. The van der Waals surface area contributed by atoms with Gasteiger partial charge < -0.3 is 15.1 Å². The maximum absolute atomic E-state index is 12.8. The van der Waals surface area contributed by atoms with Crippen molar-refractivity contribution in [2.45, 2.75) is 13.1 Å². The van der Waals surface area contributed by atoms with Gasteiger partial charge in [-0.25, -0.2) is 9.18 Å². The lowest BCUT2D eigenvalue weighted by atomic mass is 10.2. The third-order valence-electron chi connectivity index (χ3n) is 3.42. The highest BCUT2D eigenvalue weighted by molar-refractivity contribution is 7.14. The van der Waals surface area contributed by atoms with Gasteiger partial charge in [0.2, 0.25) is 5.78 Å². The topological polar surface area (TPSA) is 71.3 Å². The number of furan rings is 1. The highest BCUT2D eigenvalue weighted by Crippen LogP contribution is 2.20. The Labute approximate surface area is 147 Å². The van der Waals surface area contributed by atoms with Gasteiger partial charge in [0.1, 0.15) is 5.82 Å². The molecule has 0 fully saturated rings. The van der Waals surface area contributed by atoms with Crippen molar-refractivity contribution in [3.8, 4) is 0 Å².